The topological polar surface area (TPSA) is 13.1 Å². The van der Waals surface area contributed by atoms with Gasteiger partial charge in [0.05, 0.1) is 12.5 Å². The molecule has 84 valence electrons. The Morgan fingerprint density at radius 2 is 2.06 bits per heavy atom. The molecule has 0 radical (unpaired) electrons. The highest BCUT2D eigenvalue weighted by atomic mass is 79.9. The SMILES string of the molecule is Fc1ccc(CC(Br)c2ccoc2)c(F)c1. The first kappa shape index (κ1) is 11.3. The first-order chi connectivity index (χ1) is 7.66. The summed E-state index contributed by atoms with van der Waals surface area (Å²) in [6.07, 6.45) is 3.61. The van der Waals surface area contributed by atoms with Gasteiger partial charge in [0.15, 0.2) is 0 Å². The van der Waals surface area contributed by atoms with Crippen LogP contribution >= 0.6 is 15.9 Å². The molecule has 0 aliphatic heterocycles. The number of alkyl halides is 1. The van der Waals surface area contributed by atoms with E-state index >= 15 is 0 Å². The molecule has 0 spiro atoms. The molecule has 1 nitrogen and oxygen atoms in total. The number of hydrogen-bond donors (Lipinski definition) is 0. The van der Waals surface area contributed by atoms with Gasteiger partial charge in [-0.05, 0) is 24.1 Å². The van der Waals surface area contributed by atoms with Crippen molar-refractivity contribution in [2.75, 3.05) is 0 Å². The van der Waals surface area contributed by atoms with Gasteiger partial charge in [-0.3, -0.25) is 0 Å². The molecule has 0 N–H and O–H groups in total. The normalized spacial score (nSPS) is 12.7. The quantitative estimate of drug-likeness (QED) is 0.770. The van der Waals surface area contributed by atoms with Crippen LogP contribution < -0.4 is 0 Å². The lowest BCUT2D eigenvalue weighted by Crippen LogP contribution is -1.97. The summed E-state index contributed by atoms with van der Waals surface area (Å²) < 4.78 is 31.0. The molecule has 1 atom stereocenters. The predicted octanol–water partition coefficient (Wildman–Crippen LogP) is 4.24. The van der Waals surface area contributed by atoms with Crippen LogP contribution in [0.15, 0.2) is 41.2 Å². The molecular formula is C12H9BrF2O. The van der Waals surface area contributed by atoms with Crippen LogP contribution in [-0.2, 0) is 6.42 Å². The van der Waals surface area contributed by atoms with Crippen LogP contribution in [0.25, 0.3) is 0 Å². The van der Waals surface area contributed by atoms with Crippen molar-refractivity contribution in [3.63, 3.8) is 0 Å². The molecule has 0 aliphatic carbocycles. The monoisotopic (exact) mass is 286 g/mol. The van der Waals surface area contributed by atoms with Crippen molar-refractivity contribution in [1.82, 2.24) is 0 Å². The number of furan rings is 1. The second-order valence-electron chi connectivity index (χ2n) is 3.46. The van der Waals surface area contributed by atoms with E-state index in [0.717, 1.165) is 11.6 Å². The maximum Gasteiger partial charge on any atom is 0.129 e. The third-order valence-electron chi connectivity index (χ3n) is 2.32. The van der Waals surface area contributed by atoms with Gasteiger partial charge in [-0.15, -0.1) is 0 Å². The minimum atomic E-state index is -0.560. The highest BCUT2D eigenvalue weighted by Gasteiger charge is 2.12. The van der Waals surface area contributed by atoms with Crippen molar-refractivity contribution in [3.8, 4) is 0 Å². The van der Waals surface area contributed by atoms with Crippen molar-refractivity contribution >= 4 is 15.9 Å². The van der Waals surface area contributed by atoms with E-state index < -0.39 is 11.6 Å². The van der Waals surface area contributed by atoms with E-state index in [0.29, 0.717) is 12.0 Å². The molecule has 2 aromatic rings. The van der Waals surface area contributed by atoms with E-state index in [9.17, 15) is 8.78 Å². The summed E-state index contributed by atoms with van der Waals surface area (Å²) in [6.45, 7) is 0. The largest absolute Gasteiger partial charge is 0.472 e. The molecule has 16 heavy (non-hydrogen) atoms. The Kier molecular flexibility index (Phi) is 3.39. The van der Waals surface area contributed by atoms with Gasteiger partial charge in [0.1, 0.15) is 11.6 Å². The molecule has 0 amide bonds. The van der Waals surface area contributed by atoms with Gasteiger partial charge in [-0.25, -0.2) is 8.78 Å². The third kappa shape index (κ3) is 2.50. The number of hydrogen-bond acceptors (Lipinski definition) is 1. The maximum absolute atomic E-state index is 13.4. The van der Waals surface area contributed by atoms with Gasteiger partial charge < -0.3 is 4.42 Å². The van der Waals surface area contributed by atoms with Crippen molar-refractivity contribution in [2.24, 2.45) is 0 Å². The van der Waals surface area contributed by atoms with Crippen LogP contribution in [0.1, 0.15) is 16.0 Å². The van der Waals surface area contributed by atoms with Crippen LogP contribution in [0, 0.1) is 11.6 Å². The second-order valence-corrected chi connectivity index (χ2v) is 4.57. The van der Waals surface area contributed by atoms with Gasteiger partial charge in [-0.1, -0.05) is 22.0 Å². The van der Waals surface area contributed by atoms with E-state index in [1.807, 2.05) is 0 Å². The van der Waals surface area contributed by atoms with Crippen LogP contribution in [0.3, 0.4) is 0 Å². The van der Waals surface area contributed by atoms with Gasteiger partial charge in [0, 0.05) is 16.5 Å². The maximum atomic E-state index is 13.4. The minimum Gasteiger partial charge on any atom is -0.472 e. The molecule has 1 aromatic carbocycles. The van der Waals surface area contributed by atoms with E-state index in [1.54, 1.807) is 18.6 Å². The zero-order chi connectivity index (χ0) is 11.5. The van der Waals surface area contributed by atoms with E-state index in [-0.39, 0.29) is 4.83 Å². The highest BCUT2D eigenvalue weighted by Crippen LogP contribution is 2.28. The fourth-order valence-electron chi connectivity index (χ4n) is 1.45. The van der Waals surface area contributed by atoms with Crippen LogP contribution in [0.4, 0.5) is 8.78 Å². The fraction of sp³-hybridized carbons (Fsp3) is 0.167. The van der Waals surface area contributed by atoms with Gasteiger partial charge in [0.2, 0.25) is 0 Å². The number of halogens is 3. The summed E-state index contributed by atoms with van der Waals surface area (Å²) in [5.74, 6) is -1.08. The summed E-state index contributed by atoms with van der Waals surface area (Å²) in [5, 5.41) is 0. The molecular weight excluding hydrogens is 278 g/mol. The predicted molar refractivity (Wildman–Crippen MR) is 60.4 cm³/mol. The van der Waals surface area contributed by atoms with Crippen molar-refractivity contribution in [1.29, 1.82) is 0 Å². The Hall–Kier alpha value is -1.16. The number of benzene rings is 1. The zero-order valence-electron chi connectivity index (χ0n) is 8.29. The average Bonchev–Trinajstić information content (AvgIpc) is 2.75. The van der Waals surface area contributed by atoms with Crippen LogP contribution in [0.5, 0.6) is 0 Å². The Bertz CT molecular complexity index is 468. The minimum absolute atomic E-state index is 0.0359. The fourth-order valence-corrected chi connectivity index (χ4v) is 2.06. The molecule has 0 fully saturated rings. The summed E-state index contributed by atoms with van der Waals surface area (Å²) in [4.78, 5) is -0.0359. The van der Waals surface area contributed by atoms with E-state index in [4.69, 9.17) is 4.42 Å². The Labute approximate surface area is 100 Å². The van der Waals surface area contributed by atoms with Gasteiger partial charge >= 0.3 is 0 Å². The molecule has 1 heterocycles. The Morgan fingerprint density at radius 3 is 2.69 bits per heavy atom. The molecule has 1 aromatic heterocycles. The van der Waals surface area contributed by atoms with Crippen molar-refractivity contribution < 1.29 is 13.2 Å². The summed E-state index contributed by atoms with van der Waals surface area (Å²) in [5.41, 5.74) is 1.41. The summed E-state index contributed by atoms with van der Waals surface area (Å²) >= 11 is 3.43. The van der Waals surface area contributed by atoms with Gasteiger partial charge in [-0.2, -0.15) is 0 Å². The Morgan fingerprint density at radius 1 is 1.25 bits per heavy atom. The lowest BCUT2D eigenvalue weighted by Gasteiger charge is -2.08. The molecule has 0 bridgehead atoms. The lowest BCUT2D eigenvalue weighted by atomic mass is 10.1. The Balaban J connectivity index is 2.15. The molecule has 2 rings (SSSR count). The van der Waals surface area contributed by atoms with Crippen LogP contribution in [0.2, 0.25) is 0 Å². The number of rotatable bonds is 3. The highest BCUT2D eigenvalue weighted by molar-refractivity contribution is 9.09. The van der Waals surface area contributed by atoms with Crippen molar-refractivity contribution in [3.05, 3.63) is 59.6 Å². The third-order valence-corrected chi connectivity index (χ3v) is 3.17. The van der Waals surface area contributed by atoms with E-state index in [2.05, 4.69) is 15.9 Å². The standard InChI is InChI=1S/C12H9BrF2O/c13-11(9-3-4-16-7-9)5-8-1-2-10(14)6-12(8)15/h1-4,6-7,11H,5H2. The molecule has 0 saturated heterocycles. The first-order valence-electron chi connectivity index (χ1n) is 4.77. The molecule has 0 aliphatic rings. The summed E-state index contributed by atoms with van der Waals surface area (Å²) in [6, 6.07) is 5.41. The lowest BCUT2D eigenvalue weighted by molar-refractivity contribution is 0.560. The second kappa shape index (κ2) is 4.78. The van der Waals surface area contributed by atoms with Crippen LogP contribution in [-0.4, -0.2) is 0 Å². The smallest absolute Gasteiger partial charge is 0.129 e. The molecule has 4 heteroatoms. The van der Waals surface area contributed by atoms with E-state index in [1.165, 1.54) is 12.1 Å². The average molecular weight is 287 g/mol. The molecule has 1 unspecified atom stereocenters. The summed E-state index contributed by atoms with van der Waals surface area (Å²) in [7, 11) is 0. The van der Waals surface area contributed by atoms with Gasteiger partial charge in [0.25, 0.3) is 0 Å². The van der Waals surface area contributed by atoms with Crippen molar-refractivity contribution in [2.45, 2.75) is 11.2 Å². The zero-order valence-corrected chi connectivity index (χ0v) is 9.88. The molecule has 0 saturated carbocycles. The first-order valence-corrected chi connectivity index (χ1v) is 5.68.